The van der Waals surface area contributed by atoms with Gasteiger partial charge in [0.25, 0.3) is 0 Å². The van der Waals surface area contributed by atoms with Crippen LogP contribution >= 0.6 is 0 Å². The molecule has 0 spiro atoms. The van der Waals surface area contributed by atoms with Gasteiger partial charge in [-0.05, 0) is 6.92 Å². The van der Waals surface area contributed by atoms with E-state index < -0.39 is 8.80 Å². The minimum atomic E-state index is -2.48. The van der Waals surface area contributed by atoms with Crippen LogP contribution in [0.25, 0.3) is 0 Å². The van der Waals surface area contributed by atoms with Crippen molar-refractivity contribution in [1.29, 1.82) is 0 Å². The maximum atomic E-state index is 5.49. The largest absolute Gasteiger partial charge is 0.502 e. The fourth-order valence-electron chi connectivity index (χ4n) is 1.00. The topological polar surface area (TPSA) is 36.9 Å². The Balaban J connectivity index is 4.00. The van der Waals surface area contributed by atoms with Crippen molar-refractivity contribution in [3.63, 3.8) is 0 Å². The Morgan fingerprint density at radius 2 is 1.86 bits per heavy atom. The van der Waals surface area contributed by atoms with Crippen LogP contribution in [-0.2, 0) is 18.0 Å². The summed E-state index contributed by atoms with van der Waals surface area (Å²) in [7, 11) is 0.730. The Hall–Kier alpha value is -0.363. The van der Waals surface area contributed by atoms with Crippen LogP contribution in [0.4, 0.5) is 0 Å². The van der Waals surface area contributed by atoms with E-state index in [1.165, 1.54) is 0 Å². The van der Waals surface area contributed by atoms with Crippen LogP contribution in [-0.4, -0.2) is 29.8 Å². The van der Waals surface area contributed by atoms with Crippen LogP contribution in [0, 0.1) is 0 Å². The zero-order chi connectivity index (χ0) is 11.0. The summed E-state index contributed by atoms with van der Waals surface area (Å²) in [5.74, 6) is 0.622. The Kier molecular flexibility index (Phi) is 6.82. The average Bonchev–Trinajstić information content (AvgIpc) is 2.16. The zero-order valence-electron chi connectivity index (χ0n) is 9.46. The van der Waals surface area contributed by atoms with Gasteiger partial charge in [0.1, 0.15) is 0 Å². The van der Waals surface area contributed by atoms with Crippen LogP contribution in [0.2, 0.25) is 6.04 Å². The molecule has 0 saturated carbocycles. The fourth-order valence-corrected chi connectivity index (χ4v) is 2.81. The zero-order valence-corrected chi connectivity index (χ0v) is 10.5. The SMILES string of the molecule is C=C(C)OCO[Si](CCC)(OC)OC. The summed E-state index contributed by atoms with van der Waals surface area (Å²) in [4.78, 5) is 0. The Morgan fingerprint density at radius 3 is 2.21 bits per heavy atom. The second-order valence-corrected chi connectivity index (χ2v) is 5.92. The van der Waals surface area contributed by atoms with E-state index in [0.717, 1.165) is 12.5 Å². The molecule has 0 aromatic rings. The molecule has 0 heterocycles. The van der Waals surface area contributed by atoms with Crippen molar-refractivity contribution in [1.82, 2.24) is 0 Å². The third-order valence-corrected chi connectivity index (χ3v) is 4.68. The molecule has 84 valence electrons. The van der Waals surface area contributed by atoms with Crippen LogP contribution in [0.1, 0.15) is 20.3 Å². The van der Waals surface area contributed by atoms with Gasteiger partial charge in [-0.25, -0.2) is 0 Å². The molecule has 0 saturated heterocycles. The van der Waals surface area contributed by atoms with Crippen molar-refractivity contribution >= 4 is 8.80 Å². The smallest absolute Gasteiger partial charge is 0.474 e. The first-order valence-corrected chi connectivity index (χ1v) is 6.56. The highest BCUT2D eigenvalue weighted by atomic mass is 28.4. The van der Waals surface area contributed by atoms with Crippen molar-refractivity contribution < 1.29 is 18.0 Å². The van der Waals surface area contributed by atoms with Crippen LogP contribution in [0.5, 0.6) is 0 Å². The van der Waals surface area contributed by atoms with E-state index in [-0.39, 0.29) is 6.79 Å². The van der Waals surface area contributed by atoms with Gasteiger partial charge in [0.15, 0.2) is 6.79 Å². The molecule has 0 atom stereocenters. The average molecular weight is 220 g/mol. The summed E-state index contributed by atoms with van der Waals surface area (Å²) >= 11 is 0. The van der Waals surface area contributed by atoms with Crippen molar-refractivity contribution in [3.05, 3.63) is 12.3 Å². The predicted octanol–water partition coefficient (Wildman–Crippen LogP) is 2.15. The van der Waals surface area contributed by atoms with E-state index in [1.807, 2.05) is 0 Å². The lowest BCUT2D eigenvalue weighted by molar-refractivity contribution is -0.00331. The highest BCUT2D eigenvalue weighted by Gasteiger charge is 2.38. The molecular formula is C9H20O4Si. The standard InChI is InChI=1S/C9H20O4Si/c1-6-7-14(10-4,11-5)13-8-12-9(2)3/h2,6-8H2,1,3-5H3. The minimum absolute atomic E-state index is 0.142. The van der Waals surface area contributed by atoms with E-state index in [4.69, 9.17) is 18.0 Å². The lowest BCUT2D eigenvalue weighted by atomic mass is 10.6. The van der Waals surface area contributed by atoms with E-state index in [2.05, 4.69) is 13.5 Å². The number of rotatable bonds is 8. The molecule has 0 aliphatic rings. The van der Waals surface area contributed by atoms with Gasteiger partial charge in [-0.1, -0.05) is 19.9 Å². The molecule has 0 rings (SSSR count). The van der Waals surface area contributed by atoms with Gasteiger partial charge in [0, 0.05) is 20.3 Å². The Bertz CT molecular complexity index is 168. The van der Waals surface area contributed by atoms with E-state index in [0.29, 0.717) is 5.76 Å². The molecule has 5 heteroatoms. The van der Waals surface area contributed by atoms with Gasteiger partial charge in [0.05, 0.1) is 5.76 Å². The molecule has 0 amide bonds. The van der Waals surface area contributed by atoms with E-state index >= 15 is 0 Å². The van der Waals surface area contributed by atoms with Crippen LogP contribution in [0.3, 0.4) is 0 Å². The van der Waals surface area contributed by atoms with Crippen molar-refractivity contribution in [2.45, 2.75) is 26.3 Å². The van der Waals surface area contributed by atoms with E-state index in [1.54, 1.807) is 21.1 Å². The van der Waals surface area contributed by atoms with Gasteiger partial charge >= 0.3 is 8.80 Å². The maximum Gasteiger partial charge on any atom is 0.502 e. The summed E-state index contributed by atoms with van der Waals surface area (Å²) in [6.07, 6.45) is 0.959. The molecule has 0 unspecified atom stereocenters. The van der Waals surface area contributed by atoms with Crippen molar-refractivity contribution in [3.8, 4) is 0 Å². The number of allylic oxidation sites excluding steroid dienone is 1. The molecule has 0 radical (unpaired) electrons. The van der Waals surface area contributed by atoms with Gasteiger partial charge in [0.2, 0.25) is 0 Å². The maximum absolute atomic E-state index is 5.49. The molecule has 14 heavy (non-hydrogen) atoms. The summed E-state index contributed by atoms with van der Waals surface area (Å²) < 4.78 is 21.2. The Morgan fingerprint density at radius 1 is 1.29 bits per heavy atom. The first kappa shape index (κ1) is 13.6. The van der Waals surface area contributed by atoms with Crippen LogP contribution < -0.4 is 0 Å². The molecule has 0 aliphatic heterocycles. The van der Waals surface area contributed by atoms with E-state index in [9.17, 15) is 0 Å². The third-order valence-electron chi connectivity index (χ3n) is 1.76. The molecule has 0 bridgehead atoms. The second kappa shape index (κ2) is 7.00. The normalized spacial score (nSPS) is 11.4. The first-order chi connectivity index (χ1) is 6.60. The molecule has 4 nitrogen and oxygen atoms in total. The molecule has 0 aromatic carbocycles. The highest BCUT2D eigenvalue weighted by molar-refractivity contribution is 6.60. The molecule has 0 fully saturated rings. The third kappa shape index (κ3) is 4.76. The van der Waals surface area contributed by atoms with Gasteiger partial charge in [-0.15, -0.1) is 0 Å². The minimum Gasteiger partial charge on any atom is -0.474 e. The number of hydrogen-bond acceptors (Lipinski definition) is 4. The molecular weight excluding hydrogens is 200 g/mol. The molecule has 0 aromatic heterocycles. The first-order valence-electron chi connectivity index (χ1n) is 4.62. The summed E-state index contributed by atoms with van der Waals surface area (Å²) in [6.45, 7) is 7.57. The number of hydrogen-bond donors (Lipinski definition) is 0. The lowest BCUT2D eigenvalue weighted by Gasteiger charge is -2.25. The quantitative estimate of drug-likeness (QED) is 0.357. The predicted molar refractivity (Wildman–Crippen MR) is 56.7 cm³/mol. The van der Waals surface area contributed by atoms with Crippen LogP contribution in [0.15, 0.2) is 12.3 Å². The van der Waals surface area contributed by atoms with Gasteiger partial charge < -0.3 is 18.0 Å². The van der Waals surface area contributed by atoms with Crippen molar-refractivity contribution in [2.24, 2.45) is 0 Å². The number of ether oxygens (including phenoxy) is 1. The highest BCUT2D eigenvalue weighted by Crippen LogP contribution is 2.15. The lowest BCUT2D eigenvalue weighted by Crippen LogP contribution is -2.44. The van der Waals surface area contributed by atoms with Gasteiger partial charge in [-0.3, -0.25) is 0 Å². The second-order valence-electron chi connectivity index (χ2n) is 2.95. The molecule has 0 aliphatic carbocycles. The van der Waals surface area contributed by atoms with Crippen molar-refractivity contribution in [2.75, 3.05) is 21.0 Å². The monoisotopic (exact) mass is 220 g/mol. The Labute approximate surface area is 87.2 Å². The molecule has 0 N–H and O–H groups in total. The van der Waals surface area contributed by atoms with Gasteiger partial charge in [-0.2, -0.15) is 0 Å². The summed E-state index contributed by atoms with van der Waals surface area (Å²) in [5, 5.41) is 0. The summed E-state index contributed by atoms with van der Waals surface area (Å²) in [6, 6.07) is 0.791. The fraction of sp³-hybridized carbons (Fsp3) is 0.778. The summed E-state index contributed by atoms with van der Waals surface area (Å²) in [5.41, 5.74) is 0.